The minimum Gasteiger partial charge on any atom is -0.394 e. The maximum atomic E-state index is 12.3. The van der Waals surface area contributed by atoms with Gasteiger partial charge in [0.25, 0.3) is 0 Å². The van der Waals surface area contributed by atoms with E-state index in [-0.39, 0.29) is 24.3 Å². The van der Waals surface area contributed by atoms with Gasteiger partial charge in [-0.3, -0.25) is 9.59 Å². The Kier molecular flexibility index (Phi) is 4.68. The molecule has 2 N–H and O–H groups in total. The number of hydrogen-bond donors (Lipinski definition) is 2. The van der Waals surface area contributed by atoms with Crippen molar-refractivity contribution in [2.75, 3.05) is 19.7 Å². The van der Waals surface area contributed by atoms with Crippen LogP contribution in [0.1, 0.15) is 46.0 Å². The molecule has 0 radical (unpaired) electrons. The largest absolute Gasteiger partial charge is 0.394 e. The molecule has 1 saturated heterocycles. The number of nitrogens with one attached hydrogen (secondary N) is 1. The number of likely N-dealkylation sites (tertiary alicyclic amines) is 1. The van der Waals surface area contributed by atoms with E-state index in [4.69, 9.17) is 0 Å². The number of nitrogens with zero attached hydrogens (tertiary/aromatic N) is 1. The van der Waals surface area contributed by atoms with Gasteiger partial charge in [-0.05, 0) is 31.6 Å². The molecule has 0 bridgehead atoms. The highest BCUT2D eigenvalue weighted by molar-refractivity contribution is 5.89. The fourth-order valence-corrected chi connectivity index (χ4v) is 2.79. The van der Waals surface area contributed by atoms with Gasteiger partial charge in [0.15, 0.2) is 0 Å². The van der Waals surface area contributed by atoms with E-state index >= 15 is 0 Å². The van der Waals surface area contributed by atoms with Gasteiger partial charge in [0, 0.05) is 19.5 Å². The smallest absolute Gasteiger partial charge is 0.225 e. The predicted molar refractivity (Wildman–Crippen MR) is 76.0 cm³/mol. The highest BCUT2D eigenvalue weighted by Gasteiger charge is 2.39. The molecule has 2 amide bonds. The first-order valence-corrected chi connectivity index (χ1v) is 7.74. The molecule has 0 aromatic carbocycles. The van der Waals surface area contributed by atoms with Gasteiger partial charge < -0.3 is 15.3 Å². The van der Waals surface area contributed by atoms with Crippen molar-refractivity contribution in [3.63, 3.8) is 0 Å². The third kappa shape index (κ3) is 3.32. The molecule has 2 aliphatic rings. The Labute approximate surface area is 120 Å². The molecule has 1 heterocycles. The summed E-state index contributed by atoms with van der Waals surface area (Å²) in [6, 6.07) is 0. The van der Waals surface area contributed by atoms with Crippen LogP contribution in [0, 0.1) is 11.8 Å². The van der Waals surface area contributed by atoms with Gasteiger partial charge in [-0.25, -0.2) is 0 Å². The number of aliphatic hydroxyl groups excluding tert-OH is 1. The zero-order valence-electron chi connectivity index (χ0n) is 12.5. The molecule has 5 nitrogen and oxygen atoms in total. The normalized spacial score (nSPS) is 23.2. The quantitative estimate of drug-likeness (QED) is 0.729. The Hall–Kier alpha value is -1.10. The summed E-state index contributed by atoms with van der Waals surface area (Å²) in [5.41, 5.74) is -0.538. The topological polar surface area (TPSA) is 69.6 Å². The first-order valence-electron chi connectivity index (χ1n) is 7.74. The monoisotopic (exact) mass is 282 g/mol. The van der Waals surface area contributed by atoms with Crippen LogP contribution in [-0.2, 0) is 9.59 Å². The molecule has 114 valence electrons. The van der Waals surface area contributed by atoms with Crippen molar-refractivity contribution < 1.29 is 14.7 Å². The van der Waals surface area contributed by atoms with Gasteiger partial charge in [0.2, 0.25) is 11.8 Å². The van der Waals surface area contributed by atoms with E-state index in [1.807, 2.05) is 18.7 Å². The fraction of sp³-hybridized carbons (Fsp3) is 0.867. The van der Waals surface area contributed by atoms with Crippen LogP contribution in [0.4, 0.5) is 0 Å². The van der Waals surface area contributed by atoms with Gasteiger partial charge in [-0.2, -0.15) is 0 Å². The molecule has 1 saturated carbocycles. The molecule has 0 spiro atoms. The van der Waals surface area contributed by atoms with Crippen molar-refractivity contribution in [2.45, 2.75) is 51.5 Å². The number of rotatable bonds is 7. The number of amides is 2. The molecule has 0 aromatic rings. The first kappa shape index (κ1) is 15.3. The summed E-state index contributed by atoms with van der Waals surface area (Å²) in [4.78, 5) is 26.1. The molecule has 0 aromatic heterocycles. The number of carbonyl (C=O) groups is 2. The van der Waals surface area contributed by atoms with Crippen LogP contribution in [-0.4, -0.2) is 47.1 Å². The Balaban J connectivity index is 1.91. The van der Waals surface area contributed by atoms with Gasteiger partial charge >= 0.3 is 0 Å². The third-order valence-corrected chi connectivity index (χ3v) is 4.81. The average molecular weight is 282 g/mol. The van der Waals surface area contributed by atoms with E-state index in [1.54, 1.807) is 0 Å². The standard InChI is InChI=1S/C15H26N2O3/c1-3-15(4-2,10-18)16-14(20)12-7-13(19)17(9-12)8-11-5-6-11/h11-12,18H,3-10H2,1-2H3,(H,16,20). The molecule has 1 aliphatic carbocycles. The Bertz CT molecular complexity index is 367. The summed E-state index contributed by atoms with van der Waals surface area (Å²) in [6.45, 7) is 5.21. The number of aliphatic hydroxyl groups is 1. The molecule has 1 atom stereocenters. The Morgan fingerprint density at radius 2 is 2.05 bits per heavy atom. The second kappa shape index (κ2) is 6.12. The second-order valence-electron chi connectivity index (χ2n) is 6.28. The van der Waals surface area contributed by atoms with E-state index in [9.17, 15) is 14.7 Å². The minimum absolute atomic E-state index is 0.0573. The van der Waals surface area contributed by atoms with Crippen molar-refractivity contribution in [2.24, 2.45) is 11.8 Å². The lowest BCUT2D eigenvalue weighted by atomic mass is 9.92. The van der Waals surface area contributed by atoms with Gasteiger partial charge in [-0.15, -0.1) is 0 Å². The summed E-state index contributed by atoms with van der Waals surface area (Å²) >= 11 is 0. The molecular weight excluding hydrogens is 256 g/mol. The van der Waals surface area contributed by atoms with Crippen molar-refractivity contribution in [1.82, 2.24) is 10.2 Å². The summed E-state index contributed by atoms with van der Waals surface area (Å²) in [5, 5.41) is 12.5. The van der Waals surface area contributed by atoms with Crippen LogP contribution < -0.4 is 5.32 Å². The molecule has 20 heavy (non-hydrogen) atoms. The molecule has 2 rings (SSSR count). The van der Waals surface area contributed by atoms with Gasteiger partial charge in [0.05, 0.1) is 18.1 Å². The molecule has 1 aliphatic heterocycles. The zero-order valence-corrected chi connectivity index (χ0v) is 12.5. The maximum absolute atomic E-state index is 12.3. The average Bonchev–Trinajstić information content (AvgIpc) is 3.19. The molecular formula is C15H26N2O3. The highest BCUT2D eigenvalue weighted by atomic mass is 16.3. The van der Waals surface area contributed by atoms with E-state index in [0.717, 1.165) is 6.54 Å². The minimum atomic E-state index is -0.538. The van der Waals surface area contributed by atoms with Crippen molar-refractivity contribution in [1.29, 1.82) is 0 Å². The first-order chi connectivity index (χ1) is 9.53. The molecule has 1 unspecified atom stereocenters. The van der Waals surface area contributed by atoms with Crippen LogP contribution in [0.25, 0.3) is 0 Å². The Morgan fingerprint density at radius 3 is 2.55 bits per heavy atom. The predicted octanol–water partition coefficient (Wildman–Crippen LogP) is 0.912. The third-order valence-electron chi connectivity index (χ3n) is 4.81. The lowest BCUT2D eigenvalue weighted by Gasteiger charge is -2.31. The van der Waals surface area contributed by atoms with E-state index in [2.05, 4.69) is 5.32 Å². The molecule has 2 fully saturated rings. The van der Waals surface area contributed by atoms with Crippen molar-refractivity contribution in [3.05, 3.63) is 0 Å². The van der Waals surface area contributed by atoms with Gasteiger partial charge in [0.1, 0.15) is 0 Å². The van der Waals surface area contributed by atoms with Crippen molar-refractivity contribution >= 4 is 11.8 Å². The van der Waals surface area contributed by atoms with Crippen LogP contribution in [0.3, 0.4) is 0 Å². The van der Waals surface area contributed by atoms with Crippen LogP contribution in [0.2, 0.25) is 0 Å². The van der Waals surface area contributed by atoms with Crippen LogP contribution in [0.5, 0.6) is 0 Å². The second-order valence-corrected chi connectivity index (χ2v) is 6.28. The molecule has 5 heteroatoms. The van der Waals surface area contributed by atoms with Crippen LogP contribution in [0.15, 0.2) is 0 Å². The highest BCUT2D eigenvalue weighted by Crippen LogP contribution is 2.32. The summed E-state index contributed by atoms with van der Waals surface area (Å²) in [5.74, 6) is 0.405. The van der Waals surface area contributed by atoms with E-state index < -0.39 is 5.54 Å². The lowest BCUT2D eigenvalue weighted by molar-refractivity contribution is -0.130. The Morgan fingerprint density at radius 1 is 1.40 bits per heavy atom. The van der Waals surface area contributed by atoms with Crippen LogP contribution >= 0.6 is 0 Å². The lowest BCUT2D eigenvalue weighted by Crippen LogP contribution is -2.52. The zero-order chi connectivity index (χ0) is 14.8. The SMILES string of the molecule is CCC(CC)(CO)NC(=O)C1CC(=O)N(CC2CC2)C1. The summed E-state index contributed by atoms with van der Waals surface area (Å²) in [7, 11) is 0. The van der Waals surface area contributed by atoms with Gasteiger partial charge in [-0.1, -0.05) is 13.8 Å². The maximum Gasteiger partial charge on any atom is 0.225 e. The summed E-state index contributed by atoms with van der Waals surface area (Å²) in [6.07, 6.45) is 4.11. The fourth-order valence-electron chi connectivity index (χ4n) is 2.79. The van der Waals surface area contributed by atoms with E-state index in [0.29, 0.717) is 31.7 Å². The number of hydrogen-bond acceptors (Lipinski definition) is 3. The summed E-state index contributed by atoms with van der Waals surface area (Å²) < 4.78 is 0. The van der Waals surface area contributed by atoms with E-state index in [1.165, 1.54) is 12.8 Å². The number of carbonyl (C=O) groups excluding carboxylic acids is 2. The van der Waals surface area contributed by atoms with Crippen molar-refractivity contribution in [3.8, 4) is 0 Å².